The van der Waals surface area contributed by atoms with Gasteiger partial charge in [0.2, 0.25) is 23.6 Å². The first-order valence-electron chi connectivity index (χ1n) is 8.00. The van der Waals surface area contributed by atoms with Crippen LogP contribution in [-0.2, 0) is 30.3 Å². The van der Waals surface area contributed by atoms with Crippen LogP contribution >= 0.6 is 0 Å². The number of hydrogen-bond acceptors (Lipinski definition) is 5. The minimum atomic E-state index is -0.358. The smallest absolute Gasteiger partial charge is 0.250 e. The van der Waals surface area contributed by atoms with Gasteiger partial charge in [-0.1, -0.05) is 12.1 Å². The van der Waals surface area contributed by atoms with Crippen LogP contribution in [0.2, 0.25) is 0 Å². The Balaban J connectivity index is 1.72. The highest BCUT2D eigenvalue weighted by Gasteiger charge is 2.29. The van der Waals surface area contributed by atoms with Crippen LogP contribution in [0.3, 0.4) is 0 Å². The number of likely N-dealkylation sites (N-methyl/N-ethyl adjacent to an activating group) is 1. The zero-order valence-corrected chi connectivity index (χ0v) is 14.0. The Bertz CT molecular complexity index is 657. The first-order chi connectivity index (χ1) is 12.0. The van der Waals surface area contributed by atoms with Gasteiger partial charge < -0.3 is 15.4 Å². The zero-order chi connectivity index (χ0) is 18.2. The van der Waals surface area contributed by atoms with Gasteiger partial charge in [-0.05, 0) is 24.1 Å². The molecule has 8 heteroatoms. The van der Waals surface area contributed by atoms with E-state index in [4.69, 9.17) is 4.74 Å². The molecule has 1 aliphatic rings. The van der Waals surface area contributed by atoms with Crippen molar-refractivity contribution >= 4 is 29.3 Å². The van der Waals surface area contributed by atoms with Crippen molar-refractivity contribution in [1.29, 1.82) is 0 Å². The molecular weight excluding hydrogens is 326 g/mol. The maximum atomic E-state index is 11.8. The quantitative estimate of drug-likeness (QED) is 0.648. The van der Waals surface area contributed by atoms with Crippen molar-refractivity contribution in [2.75, 3.05) is 32.1 Å². The molecule has 1 aromatic rings. The van der Waals surface area contributed by atoms with Gasteiger partial charge in [0.05, 0.1) is 0 Å². The second-order valence-electron chi connectivity index (χ2n) is 5.60. The third-order valence-corrected chi connectivity index (χ3v) is 3.76. The van der Waals surface area contributed by atoms with Crippen molar-refractivity contribution in [2.45, 2.75) is 19.3 Å². The van der Waals surface area contributed by atoms with Gasteiger partial charge in [0.1, 0.15) is 13.2 Å². The number of carbonyl (C=O) groups excluding carboxylic acids is 4. The van der Waals surface area contributed by atoms with Crippen LogP contribution in [0, 0.1) is 0 Å². The maximum absolute atomic E-state index is 11.8. The summed E-state index contributed by atoms with van der Waals surface area (Å²) in [5.74, 6) is -0.918. The Morgan fingerprint density at radius 3 is 2.36 bits per heavy atom. The molecule has 8 nitrogen and oxygen atoms in total. The molecule has 1 heterocycles. The number of aryl methyl sites for hydroxylation is 1. The molecule has 0 saturated carbocycles. The second kappa shape index (κ2) is 8.93. The van der Waals surface area contributed by atoms with Gasteiger partial charge in [0.15, 0.2) is 0 Å². The van der Waals surface area contributed by atoms with Crippen molar-refractivity contribution in [3.05, 3.63) is 29.8 Å². The average Bonchev–Trinajstić information content (AvgIpc) is 2.59. The Kier molecular flexibility index (Phi) is 6.64. The van der Waals surface area contributed by atoms with Gasteiger partial charge in [-0.3, -0.25) is 24.1 Å². The molecule has 134 valence electrons. The highest BCUT2D eigenvalue weighted by atomic mass is 16.5. The van der Waals surface area contributed by atoms with Gasteiger partial charge in [-0.2, -0.15) is 0 Å². The molecule has 0 aromatic heterocycles. The molecule has 4 amide bonds. The lowest BCUT2D eigenvalue weighted by atomic mass is 10.1. The maximum Gasteiger partial charge on any atom is 0.250 e. The van der Waals surface area contributed by atoms with Crippen LogP contribution in [0.5, 0.6) is 0 Å². The van der Waals surface area contributed by atoms with E-state index in [-0.39, 0.29) is 43.3 Å². The summed E-state index contributed by atoms with van der Waals surface area (Å²) in [6.45, 7) is 0.133. The van der Waals surface area contributed by atoms with Gasteiger partial charge in [0, 0.05) is 32.1 Å². The van der Waals surface area contributed by atoms with Gasteiger partial charge in [0.25, 0.3) is 0 Å². The van der Waals surface area contributed by atoms with Crippen LogP contribution in [0.1, 0.15) is 18.4 Å². The molecule has 0 unspecified atom stereocenters. The van der Waals surface area contributed by atoms with Crippen molar-refractivity contribution in [3.63, 3.8) is 0 Å². The standard InChI is InChI=1S/C17H21N3O5/c1-18-14(21)10-25-11-15(22)19-13-5-2-12(3-6-13)4-7-16(23)20-9-8-17(20)24/h2-3,5-6H,4,7-11H2,1H3,(H,18,21)(H,19,22). The molecule has 0 radical (unpaired) electrons. The minimum absolute atomic E-state index is 0.110. The van der Waals surface area contributed by atoms with Crippen molar-refractivity contribution < 1.29 is 23.9 Å². The number of likely N-dealkylation sites (tertiary alicyclic amines) is 1. The number of carbonyl (C=O) groups is 4. The predicted octanol–water partition coefficient (Wildman–Crippen LogP) is 0.0792. The summed E-state index contributed by atoms with van der Waals surface area (Å²) in [4.78, 5) is 46.9. The lowest BCUT2D eigenvalue weighted by molar-refractivity contribution is -0.152. The van der Waals surface area contributed by atoms with E-state index in [1.807, 2.05) is 12.1 Å². The Morgan fingerprint density at radius 2 is 1.80 bits per heavy atom. The van der Waals surface area contributed by atoms with E-state index in [2.05, 4.69) is 10.6 Å². The number of nitrogens with one attached hydrogen (secondary N) is 2. The van der Waals surface area contributed by atoms with Crippen LogP contribution in [0.15, 0.2) is 24.3 Å². The number of β-lactam (4-membered cyclic amide) rings is 1. The number of amides is 4. The monoisotopic (exact) mass is 347 g/mol. The number of ether oxygens (including phenoxy) is 1. The van der Waals surface area contributed by atoms with Gasteiger partial charge in [-0.15, -0.1) is 0 Å². The number of nitrogens with zero attached hydrogens (tertiary/aromatic N) is 1. The van der Waals surface area contributed by atoms with Crippen molar-refractivity contribution in [3.8, 4) is 0 Å². The lowest BCUT2D eigenvalue weighted by Gasteiger charge is -2.28. The zero-order valence-electron chi connectivity index (χ0n) is 14.0. The fraction of sp³-hybridized carbons (Fsp3) is 0.412. The number of benzene rings is 1. The number of anilines is 1. The van der Waals surface area contributed by atoms with Crippen molar-refractivity contribution in [1.82, 2.24) is 10.2 Å². The Morgan fingerprint density at radius 1 is 1.12 bits per heavy atom. The van der Waals surface area contributed by atoms with Crippen LogP contribution < -0.4 is 10.6 Å². The summed E-state index contributed by atoms with van der Waals surface area (Å²) in [5, 5.41) is 5.04. The third kappa shape index (κ3) is 5.68. The topological polar surface area (TPSA) is 105 Å². The molecule has 25 heavy (non-hydrogen) atoms. The molecule has 2 N–H and O–H groups in total. The SMILES string of the molecule is CNC(=O)COCC(=O)Nc1ccc(CCC(=O)N2CCC2=O)cc1. The largest absolute Gasteiger partial charge is 0.362 e. The molecule has 0 spiro atoms. The summed E-state index contributed by atoms with van der Waals surface area (Å²) in [6, 6.07) is 7.08. The highest BCUT2D eigenvalue weighted by molar-refractivity contribution is 5.99. The van der Waals surface area contributed by atoms with E-state index in [1.54, 1.807) is 12.1 Å². The van der Waals surface area contributed by atoms with Gasteiger partial charge >= 0.3 is 0 Å². The summed E-state index contributed by atoms with van der Waals surface area (Å²) in [5.41, 5.74) is 1.54. The molecule has 0 bridgehead atoms. The lowest BCUT2D eigenvalue weighted by Crippen LogP contribution is -2.47. The predicted molar refractivity (Wildman–Crippen MR) is 89.6 cm³/mol. The first kappa shape index (κ1) is 18.6. The van der Waals surface area contributed by atoms with E-state index < -0.39 is 0 Å². The highest BCUT2D eigenvalue weighted by Crippen LogP contribution is 2.14. The molecule has 1 aliphatic heterocycles. The first-order valence-corrected chi connectivity index (χ1v) is 8.00. The molecular formula is C17H21N3O5. The van der Waals surface area contributed by atoms with Crippen LogP contribution in [0.4, 0.5) is 5.69 Å². The molecule has 2 rings (SSSR count). The molecule has 1 aromatic carbocycles. The number of imide groups is 1. The van der Waals surface area contributed by atoms with E-state index in [0.717, 1.165) is 5.56 Å². The fourth-order valence-electron chi connectivity index (χ4n) is 2.23. The molecule has 1 saturated heterocycles. The minimum Gasteiger partial charge on any atom is -0.362 e. The second-order valence-corrected chi connectivity index (χ2v) is 5.60. The number of rotatable bonds is 8. The van der Waals surface area contributed by atoms with E-state index >= 15 is 0 Å². The average molecular weight is 347 g/mol. The Labute approximate surface area is 145 Å². The van der Waals surface area contributed by atoms with E-state index in [9.17, 15) is 19.2 Å². The van der Waals surface area contributed by atoms with Crippen LogP contribution in [-0.4, -0.2) is 55.3 Å². The molecule has 0 aliphatic carbocycles. The van der Waals surface area contributed by atoms with Gasteiger partial charge in [-0.25, -0.2) is 0 Å². The normalized spacial score (nSPS) is 13.2. The summed E-state index contributed by atoms with van der Waals surface area (Å²) in [6.07, 6.45) is 1.27. The molecule has 1 fully saturated rings. The molecule has 0 atom stereocenters. The van der Waals surface area contributed by atoms with E-state index in [1.165, 1.54) is 11.9 Å². The van der Waals surface area contributed by atoms with Crippen LogP contribution in [0.25, 0.3) is 0 Å². The third-order valence-electron chi connectivity index (χ3n) is 3.76. The Hall–Kier alpha value is -2.74. The number of hydrogen-bond donors (Lipinski definition) is 2. The van der Waals surface area contributed by atoms with Crippen molar-refractivity contribution in [2.24, 2.45) is 0 Å². The summed E-state index contributed by atoms with van der Waals surface area (Å²) < 4.78 is 4.96. The summed E-state index contributed by atoms with van der Waals surface area (Å²) in [7, 11) is 1.49. The summed E-state index contributed by atoms with van der Waals surface area (Å²) >= 11 is 0. The fourth-order valence-corrected chi connectivity index (χ4v) is 2.23. The van der Waals surface area contributed by atoms with E-state index in [0.29, 0.717) is 25.1 Å².